The van der Waals surface area contributed by atoms with Crippen LogP contribution in [0, 0.1) is 17.8 Å². The molecule has 238 valence electrons. The van der Waals surface area contributed by atoms with Gasteiger partial charge in [-0.2, -0.15) is 0 Å². The Morgan fingerprint density at radius 3 is 1.98 bits per heavy atom. The third-order valence-corrected chi connectivity index (χ3v) is 8.40. The zero-order valence-corrected chi connectivity index (χ0v) is 25.5. The summed E-state index contributed by atoms with van der Waals surface area (Å²) >= 11 is 0. The van der Waals surface area contributed by atoms with Gasteiger partial charge in [0.05, 0.1) is 0 Å². The quantitative estimate of drug-likeness (QED) is 0.139. The van der Waals surface area contributed by atoms with Gasteiger partial charge in [-0.15, -0.1) is 0 Å². The summed E-state index contributed by atoms with van der Waals surface area (Å²) in [6.07, 6.45) is 6.92. The smallest absolute Gasteiger partial charge is 0.329 e. The van der Waals surface area contributed by atoms with Crippen LogP contribution in [-0.2, 0) is 28.8 Å². The highest BCUT2D eigenvalue weighted by Gasteiger charge is 2.52. The average molecular weight is 595 g/mol. The minimum Gasteiger partial charge on any atom is -0.481 e. The molecule has 0 radical (unpaired) electrons. The predicted octanol–water partition coefficient (Wildman–Crippen LogP) is 2.49. The van der Waals surface area contributed by atoms with Crippen LogP contribution in [0.1, 0.15) is 111 Å². The van der Waals surface area contributed by atoms with Gasteiger partial charge in [0, 0.05) is 12.8 Å². The van der Waals surface area contributed by atoms with Crippen molar-refractivity contribution in [3.8, 4) is 0 Å². The summed E-state index contributed by atoms with van der Waals surface area (Å²) in [4.78, 5) is 75.3. The molecule has 4 atom stereocenters. The summed E-state index contributed by atoms with van der Waals surface area (Å²) in [6.45, 7) is 7.48. The first-order valence-corrected chi connectivity index (χ1v) is 15.4. The molecular formula is C30H50N4O8. The maximum Gasteiger partial charge on any atom is 0.329 e. The fourth-order valence-electron chi connectivity index (χ4n) is 5.41. The summed E-state index contributed by atoms with van der Waals surface area (Å²) < 4.78 is 0. The summed E-state index contributed by atoms with van der Waals surface area (Å²) in [6, 6.07) is -2.85. The van der Waals surface area contributed by atoms with Crippen LogP contribution in [0.5, 0.6) is 0 Å². The minimum atomic E-state index is -1.29. The molecule has 0 bridgehead atoms. The van der Waals surface area contributed by atoms with Crippen molar-refractivity contribution in [2.24, 2.45) is 17.8 Å². The molecular weight excluding hydrogens is 544 g/mol. The van der Waals surface area contributed by atoms with Gasteiger partial charge in [0.25, 0.3) is 0 Å². The molecule has 6 N–H and O–H groups in total. The molecule has 12 nitrogen and oxygen atoms in total. The lowest BCUT2D eigenvalue weighted by molar-refractivity contribution is -0.143. The molecule has 2 aliphatic rings. The molecule has 42 heavy (non-hydrogen) atoms. The van der Waals surface area contributed by atoms with Crippen molar-refractivity contribution in [1.82, 2.24) is 21.3 Å². The SMILES string of the molecule is CCC(C)[C@H](NC(=O)[C@H](CC(C)C)NC(=O)CCCC(=O)O)C(=O)N[C@@H](CC1CCCCC1)C(=O)NC1(C(=O)O)CC1. The van der Waals surface area contributed by atoms with E-state index in [1.807, 2.05) is 27.7 Å². The highest BCUT2D eigenvalue weighted by atomic mass is 16.4. The topological polar surface area (TPSA) is 191 Å². The van der Waals surface area contributed by atoms with Crippen LogP contribution < -0.4 is 21.3 Å². The largest absolute Gasteiger partial charge is 0.481 e. The minimum absolute atomic E-state index is 0.0424. The van der Waals surface area contributed by atoms with Crippen LogP contribution in [0.3, 0.4) is 0 Å². The van der Waals surface area contributed by atoms with Crippen LogP contribution >= 0.6 is 0 Å². The van der Waals surface area contributed by atoms with E-state index in [1.165, 1.54) is 0 Å². The van der Waals surface area contributed by atoms with Gasteiger partial charge in [-0.05, 0) is 49.9 Å². The third kappa shape index (κ3) is 11.2. The average Bonchev–Trinajstić information content (AvgIpc) is 3.71. The first-order valence-electron chi connectivity index (χ1n) is 15.4. The molecule has 0 saturated heterocycles. The van der Waals surface area contributed by atoms with Crippen molar-refractivity contribution in [2.45, 2.75) is 135 Å². The molecule has 0 heterocycles. The number of carbonyl (C=O) groups excluding carboxylic acids is 4. The molecule has 0 spiro atoms. The second-order valence-corrected chi connectivity index (χ2v) is 12.5. The van der Waals surface area contributed by atoms with Crippen molar-refractivity contribution in [1.29, 1.82) is 0 Å². The van der Waals surface area contributed by atoms with Gasteiger partial charge in [-0.3, -0.25) is 24.0 Å². The Kier molecular flexibility index (Phi) is 13.7. The Labute approximate surface area is 248 Å². The van der Waals surface area contributed by atoms with Crippen molar-refractivity contribution in [2.75, 3.05) is 0 Å². The zero-order valence-electron chi connectivity index (χ0n) is 25.5. The molecule has 0 aliphatic heterocycles. The Bertz CT molecular complexity index is 974. The summed E-state index contributed by atoms with van der Waals surface area (Å²) in [7, 11) is 0. The van der Waals surface area contributed by atoms with Crippen molar-refractivity contribution in [3.05, 3.63) is 0 Å². The van der Waals surface area contributed by atoms with Crippen LogP contribution in [0.25, 0.3) is 0 Å². The van der Waals surface area contributed by atoms with Crippen LogP contribution in [0.2, 0.25) is 0 Å². The van der Waals surface area contributed by atoms with Crippen molar-refractivity contribution >= 4 is 35.6 Å². The lowest BCUT2D eigenvalue weighted by atomic mass is 9.84. The monoisotopic (exact) mass is 594 g/mol. The van der Waals surface area contributed by atoms with Gasteiger partial charge in [0.2, 0.25) is 23.6 Å². The highest BCUT2D eigenvalue weighted by molar-refractivity contribution is 5.96. The Hall–Kier alpha value is -3.18. The lowest BCUT2D eigenvalue weighted by Gasteiger charge is -2.31. The number of amides is 4. The molecule has 0 aromatic heterocycles. The molecule has 4 amide bonds. The van der Waals surface area contributed by atoms with E-state index in [4.69, 9.17) is 5.11 Å². The molecule has 12 heteroatoms. The third-order valence-electron chi connectivity index (χ3n) is 8.40. The first kappa shape index (κ1) is 35.0. The highest BCUT2D eigenvalue weighted by Crippen LogP contribution is 2.36. The van der Waals surface area contributed by atoms with E-state index >= 15 is 0 Å². The number of hydrogen-bond donors (Lipinski definition) is 6. The van der Waals surface area contributed by atoms with E-state index in [-0.39, 0.29) is 37.0 Å². The molecule has 2 fully saturated rings. The fraction of sp³-hybridized carbons (Fsp3) is 0.800. The van der Waals surface area contributed by atoms with Crippen molar-refractivity contribution in [3.63, 3.8) is 0 Å². The predicted molar refractivity (Wildman–Crippen MR) is 155 cm³/mol. The van der Waals surface area contributed by atoms with Crippen LogP contribution in [0.4, 0.5) is 0 Å². The van der Waals surface area contributed by atoms with Crippen LogP contribution in [-0.4, -0.2) is 69.4 Å². The standard InChI is InChI=1S/C30H50N4O8/c1-5-19(4)25(33-26(38)21(16-18(2)3)31-23(35)12-9-13-24(36)37)28(40)32-22(17-20-10-7-6-8-11-20)27(39)34-30(14-15-30)29(41)42/h18-22,25H,5-17H2,1-4H3,(H,31,35)(H,32,40)(H,33,38)(H,34,39)(H,36,37)(H,41,42)/t19?,21-,22-,25-/m0/s1. The van der Waals surface area contributed by atoms with Gasteiger partial charge >= 0.3 is 11.9 Å². The number of nitrogens with one attached hydrogen (secondary N) is 4. The maximum atomic E-state index is 13.7. The fourth-order valence-corrected chi connectivity index (χ4v) is 5.41. The maximum absolute atomic E-state index is 13.7. The van der Waals surface area contributed by atoms with E-state index in [0.29, 0.717) is 32.1 Å². The molecule has 0 aromatic rings. The molecule has 2 aliphatic carbocycles. The lowest BCUT2D eigenvalue weighted by Crippen LogP contribution is -2.60. The second-order valence-electron chi connectivity index (χ2n) is 12.5. The van der Waals surface area contributed by atoms with E-state index in [0.717, 1.165) is 32.1 Å². The second kappa shape index (κ2) is 16.5. The Morgan fingerprint density at radius 1 is 0.810 bits per heavy atom. The summed E-state index contributed by atoms with van der Waals surface area (Å²) in [5.41, 5.74) is -1.29. The number of rotatable bonds is 18. The first-order chi connectivity index (χ1) is 19.8. The van der Waals surface area contributed by atoms with E-state index < -0.39 is 59.2 Å². The molecule has 0 aromatic carbocycles. The van der Waals surface area contributed by atoms with Gasteiger partial charge < -0.3 is 31.5 Å². The van der Waals surface area contributed by atoms with Gasteiger partial charge in [0.15, 0.2) is 0 Å². The number of aliphatic carboxylic acids is 2. The zero-order chi connectivity index (χ0) is 31.4. The van der Waals surface area contributed by atoms with Crippen LogP contribution in [0.15, 0.2) is 0 Å². The van der Waals surface area contributed by atoms with Gasteiger partial charge in [0.1, 0.15) is 23.7 Å². The molecule has 2 rings (SSSR count). The van der Waals surface area contributed by atoms with E-state index in [9.17, 15) is 33.9 Å². The normalized spacial score (nSPS) is 19.1. The number of carboxylic acid groups (broad SMARTS) is 2. The summed E-state index contributed by atoms with van der Waals surface area (Å²) in [5.74, 6) is -4.19. The Balaban J connectivity index is 2.17. The van der Waals surface area contributed by atoms with Gasteiger partial charge in [-0.25, -0.2) is 4.79 Å². The molecule has 2 saturated carbocycles. The number of carbonyl (C=O) groups is 6. The summed E-state index contributed by atoms with van der Waals surface area (Å²) in [5, 5.41) is 29.4. The van der Waals surface area contributed by atoms with Gasteiger partial charge in [-0.1, -0.05) is 66.2 Å². The number of hydrogen-bond acceptors (Lipinski definition) is 6. The number of carboxylic acids is 2. The Morgan fingerprint density at radius 2 is 1.45 bits per heavy atom. The van der Waals surface area contributed by atoms with E-state index in [1.54, 1.807) is 0 Å². The molecule has 1 unspecified atom stereocenters. The van der Waals surface area contributed by atoms with Crippen molar-refractivity contribution < 1.29 is 39.0 Å². The van der Waals surface area contributed by atoms with E-state index in [2.05, 4.69) is 21.3 Å².